The van der Waals surface area contributed by atoms with Crippen LogP contribution in [0.5, 0.6) is 0 Å². The third-order valence-corrected chi connectivity index (χ3v) is 2.95. The van der Waals surface area contributed by atoms with Gasteiger partial charge >= 0.3 is 0 Å². The smallest absolute Gasteiger partial charge is 0.251 e. The average Bonchev–Trinajstić information content (AvgIpc) is 3.08. The van der Waals surface area contributed by atoms with E-state index in [0.717, 1.165) is 5.56 Å². The first-order valence-electron chi connectivity index (χ1n) is 6.46. The molecular weight excluding hydrogens is 266 g/mol. The molecule has 6 heteroatoms. The minimum atomic E-state index is -0.101. The SMILES string of the molecule is O=C(NCc1ccc(-n2cncn2)nc1)c1ccccc1. The van der Waals surface area contributed by atoms with Crippen molar-refractivity contribution in [3.8, 4) is 5.82 Å². The molecule has 104 valence electrons. The van der Waals surface area contributed by atoms with Gasteiger partial charge in [0.1, 0.15) is 12.7 Å². The van der Waals surface area contributed by atoms with Crippen LogP contribution in [0.25, 0.3) is 5.82 Å². The van der Waals surface area contributed by atoms with Crippen molar-refractivity contribution < 1.29 is 4.79 Å². The summed E-state index contributed by atoms with van der Waals surface area (Å²) in [6, 6.07) is 12.8. The van der Waals surface area contributed by atoms with Crippen LogP contribution in [0.1, 0.15) is 15.9 Å². The fraction of sp³-hybridized carbons (Fsp3) is 0.0667. The molecule has 0 fully saturated rings. The summed E-state index contributed by atoms with van der Waals surface area (Å²) in [5.74, 6) is 0.585. The first kappa shape index (κ1) is 13.0. The number of rotatable bonds is 4. The number of hydrogen-bond acceptors (Lipinski definition) is 4. The highest BCUT2D eigenvalue weighted by molar-refractivity contribution is 5.94. The highest BCUT2D eigenvalue weighted by Gasteiger charge is 2.04. The van der Waals surface area contributed by atoms with Gasteiger partial charge in [-0.2, -0.15) is 5.10 Å². The van der Waals surface area contributed by atoms with E-state index in [1.165, 1.54) is 6.33 Å². The van der Waals surface area contributed by atoms with Gasteiger partial charge < -0.3 is 5.32 Å². The van der Waals surface area contributed by atoms with E-state index in [1.807, 2.05) is 30.3 Å². The number of amides is 1. The molecule has 0 bridgehead atoms. The van der Waals surface area contributed by atoms with E-state index < -0.39 is 0 Å². The number of pyridine rings is 1. The normalized spacial score (nSPS) is 10.3. The molecule has 0 aliphatic heterocycles. The number of nitrogens with one attached hydrogen (secondary N) is 1. The highest BCUT2D eigenvalue weighted by Crippen LogP contribution is 2.04. The molecule has 0 aliphatic carbocycles. The first-order chi connectivity index (χ1) is 10.3. The van der Waals surface area contributed by atoms with Crippen LogP contribution >= 0.6 is 0 Å². The number of benzene rings is 1. The summed E-state index contributed by atoms with van der Waals surface area (Å²) in [7, 11) is 0. The molecule has 2 heterocycles. The quantitative estimate of drug-likeness (QED) is 0.787. The molecule has 2 aromatic heterocycles. The van der Waals surface area contributed by atoms with Crippen molar-refractivity contribution in [1.82, 2.24) is 25.1 Å². The van der Waals surface area contributed by atoms with Crippen LogP contribution in [0.4, 0.5) is 0 Å². The van der Waals surface area contributed by atoms with Crippen molar-refractivity contribution in [2.24, 2.45) is 0 Å². The lowest BCUT2D eigenvalue weighted by molar-refractivity contribution is 0.0951. The van der Waals surface area contributed by atoms with Gasteiger partial charge in [0, 0.05) is 18.3 Å². The summed E-state index contributed by atoms with van der Waals surface area (Å²) in [6.45, 7) is 0.429. The minimum Gasteiger partial charge on any atom is -0.348 e. The topological polar surface area (TPSA) is 72.7 Å². The van der Waals surface area contributed by atoms with Crippen LogP contribution in [0, 0.1) is 0 Å². The molecule has 3 aromatic rings. The monoisotopic (exact) mass is 279 g/mol. The van der Waals surface area contributed by atoms with Crippen LogP contribution in [-0.2, 0) is 6.54 Å². The van der Waals surface area contributed by atoms with Gasteiger partial charge in [0.2, 0.25) is 0 Å². The van der Waals surface area contributed by atoms with Crippen molar-refractivity contribution >= 4 is 5.91 Å². The van der Waals surface area contributed by atoms with Gasteiger partial charge in [-0.15, -0.1) is 0 Å². The molecule has 0 saturated heterocycles. The van der Waals surface area contributed by atoms with E-state index in [2.05, 4.69) is 20.4 Å². The van der Waals surface area contributed by atoms with Crippen LogP contribution in [-0.4, -0.2) is 25.7 Å². The fourth-order valence-corrected chi connectivity index (χ4v) is 1.86. The average molecular weight is 279 g/mol. The summed E-state index contributed by atoms with van der Waals surface area (Å²) < 4.78 is 1.58. The Morgan fingerprint density at radius 3 is 2.67 bits per heavy atom. The Hall–Kier alpha value is -3.02. The summed E-state index contributed by atoms with van der Waals surface area (Å²) in [5, 5.41) is 6.86. The second-order valence-corrected chi connectivity index (χ2v) is 4.41. The number of aromatic nitrogens is 4. The van der Waals surface area contributed by atoms with Crippen LogP contribution in [0.2, 0.25) is 0 Å². The molecule has 1 aromatic carbocycles. The van der Waals surface area contributed by atoms with Crippen molar-refractivity contribution in [3.63, 3.8) is 0 Å². The molecule has 21 heavy (non-hydrogen) atoms. The Morgan fingerprint density at radius 2 is 2.00 bits per heavy atom. The molecule has 0 radical (unpaired) electrons. The van der Waals surface area contributed by atoms with Crippen molar-refractivity contribution in [3.05, 3.63) is 72.4 Å². The van der Waals surface area contributed by atoms with Crippen molar-refractivity contribution in [2.75, 3.05) is 0 Å². The van der Waals surface area contributed by atoms with Crippen LogP contribution < -0.4 is 5.32 Å². The number of nitrogens with zero attached hydrogens (tertiary/aromatic N) is 4. The summed E-state index contributed by atoms with van der Waals surface area (Å²) >= 11 is 0. The van der Waals surface area contributed by atoms with Gasteiger partial charge in [-0.25, -0.2) is 14.6 Å². The summed E-state index contributed by atoms with van der Waals surface area (Å²) in [4.78, 5) is 20.1. The van der Waals surface area contributed by atoms with Crippen molar-refractivity contribution in [1.29, 1.82) is 0 Å². The van der Waals surface area contributed by atoms with E-state index in [-0.39, 0.29) is 5.91 Å². The molecule has 1 amide bonds. The predicted octanol–water partition coefficient (Wildman–Crippen LogP) is 1.59. The lowest BCUT2D eigenvalue weighted by Gasteiger charge is -2.06. The Kier molecular flexibility index (Phi) is 3.68. The molecule has 0 atom stereocenters. The van der Waals surface area contributed by atoms with Gasteiger partial charge in [-0.1, -0.05) is 24.3 Å². The predicted molar refractivity (Wildman–Crippen MR) is 76.8 cm³/mol. The van der Waals surface area contributed by atoms with E-state index in [9.17, 15) is 4.79 Å². The molecule has 0 spiro atoms. The summed E-state index contributed by atoms with van der Waals surface area (Å²) in [5.41, 5.74) is 1.56. The fourth-order valence-electron chi connectivity index (χ4n) is 1.86. The molecule has 6 nitrogen and oxygen atoms in total. The zero-order valence-electron chi connectivity index (χ0n) is 11.2. The Morgan fingerprint density at radius 1 is 1.14 bits per heavy atom. The number of carbonyl (C=O) groups is 1. The maximum Gasteiger partial charge on any atom is 0.251 e. The van der Waals surface area contributed by atoms with Gasteiger partial charge in [0.05, 0.1) is 0 Å². The molecule has 3 rings (SSSR count). The Balaban J connectivity index is 1.62. The van der Waals surface area contributed by atoms with E-state index in [4.69, 9.17) is 0 Å². The van der Waals surface area contributed by atoms with Crippen LogP contribution in [0.15, 0.2) is 61.3 Å². The Bertz CT molecular complexity index is 708. The number of carbonyl (C=O) groups excluding carboxylic acids is 1. The second kappa shape index (κ2) is 5.96. The molecule has 0 aliphatic rings. The number of hydrogen-bond donors (Lipinski definition) is 1. The first-order valence-corrected chi connectivity index (χ1v) is 6.46. The third-order valence-electron chi connectivity index (χ3n) is 2.95. The Labute approximate surface area is 121 Å². The lowest BCUT2D eigenvalue weighted by Crippen LogP contribution is -2.22. The van der Waals surface area contributed by atoms with E-state index in [0.29, 0.717) is 17.9 Å². The maximum atomic E-state index is 11.9. The molecule has 1 N–H and O–H groups in total. The second-order valence-electron chi connectivity index (χ2n) is 4.41. The van der Waals surface area contributed by atoms with Crippen LogP contribution in [0.3, 0.4) is 0 Å². The standard InChI is InChI=1S/C15H13N5O/c21-15(13-4-2-1-3-5-13)18-9-12-6-7-14(17-8-12)20-11-16-10-19-20/h1-8,10-11H,9H2,(H,18,21). The van der Waals surface area contributed by atoms with Gasteiger partial charge in [0.25, 0.3) is 5.91 Å². The third kappa shape index (κ3) is 3.11. The van der Waals surface area contributed by atoms with E-state index >= 15 is 0 Å². The largest absolute Gasteiger partial charge is 0.348 e. The molecular formula is C15H13N5O. The van der Waals surface area contributed by atoms with Crippen molar-refractivity contribution in [2.45, 2.75) is 6.54 Å². The minimum absolute atomic E-state index is 0.101. The molecule has 0 unspecified atom stereocenters. The molecule has 0 saturated carbocycles. The zero-order chi connectivity index (χ0) is 14.5. The maximum absolute atomic E-state index is 11.9. The lowest BCUT2D eigenvalue weighted by atomic mass is 10.2. The van der Waals surface area contributed by atoms with Gasteiger partial charge in [0.15, 0.2) is 5.82 Å². The van der Waals surface area contributed by atoms with Gasteiger partial charge in [-0.3, -0.25) is 4.79 Å². The zero-order valence-corrected chi connectivity index (χ0v) is 11.2. The highest BCUT2D eigenvalue weighted by atomic mass is 16.1. The van der Waals surface area contributed by atoms with E-state index in [1.54, 1.807) is 29.3 Å². The van der Waals surface area contributed by atoms with Gasteiger partial charge in [-0.05, 0) is 23.8 Å². The summed E-state index contributed by atoms with van der Waals surface area (Å²) in [6.07, 6.45) is 4.75.